The molecule has 0 aliphatic rings. The Morgan fingerprint density at radius 3 is 2.14 bits per heavy atom. The molecule has 0 unspecified atom stereocenters. The number of rotatable bonds is 3. The summed E-state index contributed by atoms with van der Waals surface area (Å²) in [6.45, 7) is 2.32. The first-order chi connectivity index (χ1) is 6.04. The van der Waals surface area contributed by atoms with Crippen LogP contribution in [0.5, 0.6) is 5.75 Å². The van der Waals surface area contributed by atoms with Crippen LogP contribution in [0.15, 0.2) is 29.2 Å². The minimum atomic E-state index is -4.34. The van der Waals surface area contributed by atoms with Crippen molar-refractivity contribution >= 4 is 10.1 Å². The van der Waals surface area contributed by atoms with Crippen molar-refractivity contribution in [1.82, 2.24) is 0 Å². The van der Waals surface area contributed by atoms with Gasteiger partial charge in [-0.15, -0.1) is 0 Å². The van der Waals surface area contributed by atoms with Crippen LogP contribution in [0.25, 0.3) is 0 Å². The van der Waals surface area contributed by atoms with E-state index in [1.807, 2.05) is 6.92 Å². The van der Waals surface area contributed by atoms with Crippen molar-refractivity contribution in [3.63, 3.8) is 0 Å². The van der Waals surface area contributed by atoms with Crippen LogP contribution < -0.4 is 34.3 Å². The second-order valence-corrected chi connectivity index (χ2v) is 3.74. The number of hydrogen-bond donors (Lipinski definition) is 0. The van der Waals surface area contributed by atoms with Crippen LogP contribution in [0.1, 0.15) is 6.92 Å². The largest absolute Gasteiger partial charge is 1.00 e. The van der Waals surface area contributed by atoms with E-state index < -0.39 is 10.1 Å². The van der Waals surface area contributed by atoms with E-state index in [1.54, 1.807) is 0 Å². The molecule has 0 radical (unpaired) electrons. The van der Waals surface area contributed by atoms with Gasteiger partial charge in [0.05, 0.1) is 11.5 Å². The number of hydrogen-bond acceptors (Lipinski definition) is 4. The maximum absolute atomic E-state index is 10.5. The Bertz CT molecular complexity index is 371. The Balaban J connectivity index is 0.00000169. The molecule has 1 rings (SSSR count). The molecule has 6 heteroatoms. The Labute approximate surface area is 105 Å². The average molecular weight is 224 g/mol. The van der Waals surface area contributed by atoms with Crippen molar-refractivity contribution in [3.05, 3.63) is 24.3 Å². The van der Waals surface area contributed by atoms with E-state index in [2.05, 4.69) is 0 Å². The monoisotopic (exact) mass is 224 g/mol. The number of benzene rings is 1. The molecule has 0 fully saturated rings. The second-order valence-electron chi connectivity index (χ2n) is 2.36. The van der Waals surface area contributed by atoms with Crippen LogP contribution in [0.2, 0.25) is 0 Å². The zero-order valence-corrected chi connectivity index (χ0v) is 10.9. The topological polar surface area (TPSA) is 66.4 Å². The Kier molecular flexibility index (Phi) is 5.70. The van der Waals surface area contributed by atoms with Gasteiger partial charge in [-0.25, -0.2) is 8.42 Å². The van der Waals surface area contributed by atoms with Crippen LogP contribution in [-0.2, 0) is 10.1 Å². The van der Waals surface area contributed by atoms with E-state index in [9.17, 15) is 13.0 Å². The fourth-order valence-corrected chi connectivity index (χ4v) is 1.34. The fourth-order valence-electron chi connectivity index (χ4n) is 0.869. The molecule has 0 saturated heterocycles. The molecular weight excluding hydrogens is 215 g/mol. The third-order valence-corrected chi connectivity index (χ3v) is 2.27. The molecule has 0 aliphatic heterocycles. The summed E-state index contributed by atoms with van der Waals surface area (Å²) in [4.78, 5) is -0.240. The van der Waals surface area contributed by atoms with Crippen molar-refractivity contribution < 1.29 is 47.3 Å². The van der Waals surface area contributed by atoms with Crippen LogP contribution in [0, 0.1) is 0 Å². The van der Waals surface area contributed by atoms with Gasteiger partial charge < -0.3 is 9.29 Å². The molecule has 0 aliphatic carbocycles. The van der Waals surface area contributed by atoms with Crippen LogP contribution in [0.4, 0.5) is 0 Å². The van der Waals surface area contributed by atoms with Crippen molar-refractivity contribution in [2.45, 2.75) is 11.8 Å². The normalized spacial score (nSPS) is 10.4. The van der Waals surface area contributed by atoms with Gasteiger partial charge in [0.25, 0.3) is 0 Å². The Morgan fingerprint density at radius 2 is 1.79 bits per heavy atom. The SMILES string of the molecule is CCOc1ccc(S(=O)(=O)[O-])cc1.[Na+]. The van der Waals surface area contributed by atoms with Gasteiger partial charge in [-0.1, -0.05) is 0 Å². The standard InChI is InChI=1S/C8H10O4S.Na/c1-2-12-7-3-5-8(6-4-7)13(9,10)11;/h3-6H,2H2,1H3,(H,9,10,11);/q;+1/p-1. The molecule has 0 atom stereocenters. The van der Waals surface area contributed by atoms with Gasteiger partial charge in [0, 0.05) is 0 Å². The minimum Gasteiger partial charge on any atom is -0.744 e. The van der Waals surface area contributed by atoms with Crippen LogP contribution in [0.3, 0.4) is 0 Å². The summed E-state index contributed by atoms with van der Waals surface area (Å²) in [5, 5.41) is 0. The van der Waals surface area contributed by atoms with Crippen molar-refractivity contribution in [1.29, 1.82) is 0 Å². The molecular formula is C8H9NaO4S. The summed E-state index contributed by atoms with van der Waals surface area (Å²) >= 11 is 0. The molecule has 0 saturated carbocycles. The molecule has 0 N–H and O–H groups in total. The van der Waals surface area contributed by atoms with Crippen molar-refractivity contribution in [2.24, 2.45) is 0 Å². The van der Waals surface area contributed by atoms with Gasteiger partial charge in [-0.05, 0) is 31.2 Å². The van der Waals surface area contributed by atoms with E-state index in [0.717, 1.165) is 0 Å². The van der Waals surface area contributed by atoms with Gasteiger partial charge in [0.15, 0.2) is 0 Å². The molecule has 0 amide bonds. The number of ether oxygens (including phenoxy) is 1. The quantitative estimate of drug-likeness (QED) is 0.439. The molecule has 14 heavy (non-hydrogen) atoms. The van der Waals surface area contributed by atoms with Gasteiger partial charge in [-0.2, -0.15) is 0 Å². The summed E-state index contributed by atoms with van der Waals surface area (Å²) in [7, 11) is -4.34. The van der Waals surface area contributed by atoms with Crippen molar-refractivity contribution in [2.75, 3.05) is 6.61 Å². The zero-order chi connectivity index (χ0) is 9.90. The molecule has 4 nitrogen and oxygen atoms in total. The maximum atomic E-state index is 10.5. The summed E-state index contributed by atoms with van der Waals surface area (Å²) in [6, 6.07) is 5.36. The predicted octanol–water partition coefficient (Wildman–Crippen LogP) is -2.01. The molecule has 1 aromatic carbocycles. The first-order valence-corrected chi connectivity index (χ1v) is 5.13. The third-order valence-electron chi connectivity index (χ3n) is 1.42. The van der Waals surface area contributed by atoms with E-state index >= 15 is 0 Å². The zero-order valence-electron chi connectivity index (χ0n) is 8.06. The first-order valence-electron chi connectivity index (χ1n) is 3.73. The molecule has 0 aromatic heterocycles. The fraction of sp³-hybridized carbons (Fsp3) is 0.250. The second kappa shape index (κ2) is 5.72. The van der Waals surface area contributed by atoms with Crippen LogP contribution >= 0.6 is 0 Å². The van der Waals surface area contributed by atoms with Crippen molar-refractivity contribution in [3.8, 4) is 5.75 Å². The van der Waals surface area contributed by atoms with E-state index in [4.69, 9.17) is 4.74 Å². The van der Waals surface area contributed by atoms with Gasteiger partial charge >= 0.3 is 29.6 Å². The maximum Gasteiger partial charge on any atom is 1.00 e. The van der Waals surface area contributed by atoms with E-state index in [1.165, 1.54) is 24.3 Å². The first kappa shape index (κ1) is 13.9. The summed E-state index contributed by atoms with van der Waals surface area (Å²) in [6.07, 6.45) is 0. The van der Waals surface area contributed by atoms with E-state index in [0.29, 0.717) is 12.4 Å². The Hall–Kier alpha value is -0.0700. The van der Waals surface area contributed by atoms with Crippen LogP contribution in [-0.4, -0.2) is 19.6 Å². The van der Waals surface area contributed by atoms with Gasteiger partial charge in [-0.3, -0.25) is 0 Å². The summed E-state index contributed by atoms with van der Waals surface area (Å²) in [5.41, 5.74) is 0. The molecule has 0 bridgehead atoms. The molecule has 0 heterocycles. The third kappa shape index (κ3) is 3.98. The molecule has 0 spiro atoms. The summed E-state index contributed by atoms with van der Waals surface area (Å²) < 4.78 is 36.6. The predicted molar refractivity (Wildman–Crippen MR) is 45.6 cm³/mol. The van der Waals surface area contributed by atoms with Gasteiger partial charge in [0.1, 0.15) is 15.9 Å². The smallest absolute Gasteiger partial charge is 0.744 e. The van der Waals surface area contributed by atoms with Gasteiger partial charge in [0.2, 0.25) is 0 Å². The summed E-state index contributed by atoms with van der Waals surface area (Å²) in [5.74, 6) is 0.551. The van der Waals surface area contributed by atoms with E-state index in [-0.39, 0.29) is 34.5 Å². The minimum absolute atomic E-state index is 0. The Morgan fingerprint density at radius 1 is 1.29 bits per heavy atom. The molecule has 1 aromatic rings. The molecule has 72 valence electrons. The average Bonchev–Trinajstić information content (AvgIpc) is 2.04.